The number of benzene rings is 1. The van der Waals surface area contributed by atoms with Crippen LogP contribution in [-0.4, -0.2) is 11.2 Å². The van der Waals surface area contributed by atoms with Gasteiger partial charge in [-0.05, 0) is 30.2 Å². The second-order valence-electron chi connectivity index (χ2n) is 3.20. The second kappa shape index (κ2) is 6.86. The Kier molecular flexibility index (Phi) is 7.04. The van der Waals surface area contributed by atoms with Crippen LogP contribution in [0, 0.1) is 0 Å². The number of nitrogens with two attached hydrogens (primary N) is 1. The van der Waals surface area contributed by atoms with Crippen molar-refractivity contribution in [3.05, 3.63) is 32.7 Å². The van der Waals surface area contributed by atoms with Crippen molar-refractivity contribution >= 4 is 44.3 Å². The van der Waals surface area contributed by atoms with Gasteiger partial charge in [-0.15, -0.1) is 12.4 Å². The van der Waals surface area contributed by atoms with Gasteiger partial charge in [0.1, 0.15) is 0 Å². The predicted octanol–water partition coefficient (Wildman–Crippen LogP) is 3.40. The lowest BCUT2D eigenvalue weighted by Crippen LogP contribution is -2.25. The lowest BCUT2D eigenvalue weighted by Gasteiger charge is -2.18. The Labute approximate surface area is 113 Å². The van der Waals surface area contributed by atoms with Crippen LogP contribution in [-0.2, 0) is 0 Å². The molecule has 0 aliphatic heterocycles. The van der Waals surface area contributed by atoms with Crippen LogP contribution in [0.4, 0.5) is 0 Å². The normalized spacial score (nSPS) is 14.2. The lowest BCUT2D eigenvalue weighted by atomic mass is 10.0. The largest absolute Gasteiger partial charge is 0.391 e. The van der Waals surface area contributed by atoms with Crippen molar-refractivity contribution in [2.24, 2.45) is 5.73 Å². The number of halogens is 3. The van der Waals surface area contributed by atoms with Crippen LogP contribution in [0.2, 0.25) is 0 Å². The van der Waals surface area contributed by atoms with Gasteiger partial charge in [0.2, 0.25) is 0 Å². The summed E-state index contributed by atoms with van der Waals surface area (Å²) < 4.78 is 1.92. The molecule has 1 rings (SSSR count). The zero-order chi connectivity index (χ0) is 10.7. The third-order valence-corrected chi connectivity index (χ3v) is 3.02. The maximum Gasteiger partial charge on any atom is 0.0730 e. The molecule has 0 saturated carbocycles. The minimum atomic E-state index is -0.490. The SMILES string of the molecule is CC[C@@H](O)[C@@H](N)c1cc(Br)cc(Br)c1.Cl. The van der Waals surface area contributed by atoms with Crippen molar-refractivity contribution in [3.8, 4) is 0 Å². The van der Waals surface area contributed by atoms with Gasteiger partial charge in [0.15, 0.2) is 0 Å². The van der Waals surface area contributed by atoms with E-state index in [0.717, 1.165) is 14.5 Å². The summed E-state index contributed by atoms with van der Waals surface area (Å²) in [6.45, 7) is 1.91. The monoisotopic (exact) mass is 357 g/mol. The minimum Gasteiger partial charge on any atom is -0.391 e. The molecule has 86 valence electrons. The first-order chi connectivity index (χ1) is 6.54. The van der Waals surface area contributed by atoms with Crippen molar-refractivity contribution in [3.63, 3.8) is 0 Å². The molecule has 0 saturated heterocycles. The van der Waals surface area contributed by atoms with E-state index >= 15 is 0 Å². The third kappa shape index (κ3) is 4.41. The molecule has 0 unspecified atom stereocenters. The van der Waals surface area contributed by atoms with E-state index in [-0.39, 0.29) is 18.4 Å². The fourth-order valence-corrected chi connectivity index (χ4v) is 2.57. The van der Waals surface area contributed by atoms with Gasteiger partial charge in [-0.3, -0.25) is 0 Å². The van der Waals surface area contributed by atoms with Crippen LogP contribution >= 0.6 is 44.3 Å². The van der Waals surface area contributed by atoms with Crippen LogP contribution in [0.5, 0.6) is 0 Å². The summed E-state index contributed by atoms with van der Waals surface area (Å²) in [4.78, 5) is 0. The van der Waals surface area contributed by atoms with Gasteiger partial charge in [0.05, 0.1) is 12.1 Å². The summed E-state index contributed by atoms with van der Waals surface area (Å²) in [7, 11) is 0. The zero-order valence-electron chi connectivity index (χ0n) is 8.28. The Morgan fingerprint density at radius 1 is 1.27 bits per heavy atom. The maximum atomic E-state index is 9.61. The molecule has 0 aliphatic rings. The first-order valence-corrected chi connectivity index (χ1v) is 6.02. The van der Waals surface area contributed by atoms with E-state index in [4.69, 9.17) is 5.73 Å². The standard InChI is InChI=1S/C10H13Br2NO.ClH/c1-2-9(14)10(13)6-3-7(11)5-8(12)4-6;/h3-5,9-10,14H,2,13H2,1H3;1H/t9-,10+;/m1./s1. The van der Waals surface area contributed by atoms with E-state index in [1.807, 2.05) is 25.1 Å². The highest BCUT2D eigenvalue weighted by Crippen LogP contribution is 2.25. The molecule has 0 radical (unpaired) electrons. The molecule has 0 fully saturated rings. The summed E-state index contributed by atoms with van der Waals surface area (Å²) in [5.74, 6) is 0. The molecule has 0 amide bonds. The molecule has 15 heavy (non-hydrogen) atoms. The van der Waals surface area contributed by atoms with Crippen LogP contribution in [0.3, 0.4) is 0 Å². The molecular formula is C10H14Br2ClNO. The van der Waals surface area contributed by atoms with Gasteiger partial charge in [-0.2, -0.15) is 0 Å². The van der Waals surface area contributed by atoms with Crippen molar-refractivity contribution in [2.75, 3.05) is 0 Å². The fraction of sp³-hybridized carbons (Fsp3) is 0.400. The Morgan fingerprint density at radius 2 is 1.73 bits per heavy atom. The number of aliphatic hydroxyl groups is 1. The number of rotatable bonds is 3. The van der Waals surface area contributed by atoms with Gasteiger partial charge in [0, 0.05) is 8.95 Å². The summed E-state index contributed by atoms with van der Waals surface area (Å²) in [5.41, 5.74) is 6.83. The van der Waals surface area contributed by atoms with Gasteiger partial charge in [-0.25, -0.2) is 0 Å². The van der Waals surface area contributed by atoms with Gasteiger partial charge >= 0.3 is 0 Å². The molecule has 0 bridgehead atoms. The highest BCUT2D eigenvalue weighted by Gasteiger charge is 2.15. The molecule has 1 aromatic carbocycles. The Balaban J connectivity index is 0.00000196. The number of hydrogen-bond donors (Lipinski definition) is 2. The highest BCUT2D eigenvalue weighted by molar-refractivity contribution is 9.11. The summed E-state index contributed by atoms with van der Waals surface area (Å²) in [5, 5.41) is 9.61. The van der Waals surface area contributed by atoms with E-state index in [1.54, 1.807) is 0 Å². The molecule has 1 aromatic rings. The summed E-state index contributed by atoms with van der Waals surface area (Å²) in [6, 6.07) is 5.46. The topological polar surface area (TPSA) is 46.2 Å². The van der Waals surface area contributed by atoms with Crippen molar-refractivity contribution in [1.29, 1.82) is 0 Å². The molecular weight excluding hydrogens is 345 g/mol. The third-order valence-electron chi connectivity index (χ3n) is 2.10. The van der Waals surface area contributed by atoms with E-state index in [2.05, 4.69) is 31.9 Å². The highest BCUT2D eigenvalue weighted by atomic mass is 79.9. The Hall–Kier alpha value is 0.390. The number of hydrogen-bond acceptors (Lipinski definition) is 2. The Morgan fingerprint density at radius 3 is 2.13 bits per heavy atom. The molecule has 3 N–H and O–H groups in total. The first-order valence-electron chi connectivity index (χ1n) is 4.44. The second-order valence-corrected chi connectivity index (χ2v) is 5.04. The molecule has 5 heteroatoms. The van der Waals surface area contributed by atoms with E-state index in [0.29, 0.717) is 6.42 Å². The smallest absolute Gasteiger partial charge is 0.0730 e. The van der Waals surface area contributed by atoms with Crippen molar-refractivity contribution < 1.29 is 5.11 Å². The average Bonchev–Trinajstić information content (AvgIpc) is 2.14. The maximum absolute atomic E-state index is 9.61. The molecule has 2 nitrogen and oxygen atoms in total. The van der Waals surface area contributed by atoms with Gasteiger partial charge in [-0.1, -0.05) is 38.8 Å². The average molecular weight is 359 g/mol. The molecule has 0 heterocycles. The molecule has 0 aliphatic carbocycles. The number of aliphatic hydroxyl groups excluding tert-OH is 1. The zero-order valence-corrected chi connectivity index (χ0v) is 12.3. The van der Waals surface area contributed by atoms with Gasteiger partial charge < -0.3 is 10.8 Å². The van der Waals surface area contributed by atoms with E-state index < -0.39 is 6.10 Å². The van der Waals surface area contributed by atoms with Crippen LogP contribution < -0.4 is 5.73 Å². The fourth-order valence-electron chi connectivity index (χ4n) is 1.24. The molecule has 2 atom stereocenters. The van der Waals surface area contributed by atoms with E-state index in [9.17, 15) is 5.11 Å². The quantitative estimate of drug-likeness (QED) is 0.869. The van der Waals surface area contributed by atoms with E-state index in [1.165, 1.54) is 0 Å². The molecule has 0 spiro atoms. The minimum absolute atomic E-state index is 0. The lowest BCUT2D eigenvalue weighted by molar-refractivity contribution is 0.140. The van der Waals surface area contributed by atoms with Crippen molar-refractivity contribution in [1.82, 2.24) is 0 Å². The van der Waals surface area contributed by atoms with Crippen LogP contribution in [0.15, 0.2) is 27.1 Å². The first kappa shape index (κ1) is 15.4. The molecule has 0 aromatic heterocycles. The predicted molar refractivity (Wildman–Crippen MR) is 72.3 cm³/mol. The van der Waals surface area contributed by atoms with Crippen LogP contribution in [0.25, 0.3) is 0 Å². The Bertz CT molecular complexity index is 302. The van der Waals surface area contributed by atoms with Gasteiger partial charge in [0.25, 0.3) is 0 Å². The summed E-state index contributed by atoms with van der Waals surface area (Å²) >= 11 is 6.77. The van der Waals surface area contributed by atoms with Crippen molar-refractivity contribution in [2.45, 2.75) is 25.5 Å². The van der Waals surface area contributed by atoms with Crippen LogP contribution in [0.1, 0.15) is 24.9 Å². The summed E-state index contributed by atoms with van der Waals surface area (Å²) in [6.07, 6.45) is 0.168.